The Morgan fingerprint density at radius 1 is 1.07 bits per heavy atom. The van der Waals surface area contributed by atoms with Crippen molar-refractivity contribution in [2.45, 2.75) is 57.4 Å². The van der Waals surface area contributed by atoms with Gasteiger partial charge in [-0.2, -0.15) is 4.99 Å². The molecule has 1 heterocycles. The predicted octanol–water partition coefficient (Wildman–Crippen LogP) is 4.97. The van der Waals surface area contributed by atoms with Crippen LogP contribution in [0.3, 0.4) is 0 Å². The van der Waals surface area contributed by atoms with Crippen LogP contribution >= 0.6 is 0 Å². The number of carbonyl (C=O) groups is 3. The largest absolute Gasteiger partial charge is 0.357 e. The van der Waals surface area contributed by atoms with Crippen LogP contribution in [0.4, 0.5) is 5.69 Å². The first-order valence-electron chi connectivity index (χ1n) is 14.9. The molecule has 3 aromatic carbocycles. The number of benzene rings is 3. The topological polar surface area (TPSA) is 144 Å². The number of allylic oxidation sites excluding steroid dienone is 1. The molecule has 2 amide bonds. The minimum Gasteiger partial charge on any atom is -0.357 e. The molecular formula is C35H39N5O4. The van der Waals surface area contributed by atoms with Gasteiger partial charge in [0, 0.05) is 44.2 Å². The van der Waals surface area contributed by atoms with Crippen molar-refractivity contribution in [1.82, 2.24) is 10.6 Å². The van der Waals surface area contributed by atoms with Gasteiger partial charge >= 0.3 is 0 Å². The molecule has 2 bridgehead atoms. The Morgan fingerprint density at radius 3 is 2.45 bits per heavy atom. The zero-order valence-corrected chi connectivity index (χ0v) is 25.1. The van der Waals surface area contributed by atoms with Gasteiger partial charge in [-0.15, -0.1) is 0 Å². The SMILES string of the molecule is CNC(=O)C1Cc2ccc(NO)c(c2C[C@@H](C)C=C=NC(=N)c2ccccc2)C(c2ccccc2)CCC(=O)CCC(=O)N1. The fourth-order valence-electron chi connectivity index (χ4n) is 5.62. The number of fused-ring (bicyclic) bond motifs is 2. The molecule has 3 aromatic rings. The maximum Gasteiger partial charge on any atom is 0.242 e. The van der Waals surface area contributed by atoms with E-state index < -0.39 is 6.04 Å². The van der Waals surface area contributed by atoms with Crippen LogP contribution in [-0.2, 0) is 27.2 Å². The van der Waals surface area contributed by atoms with Crippen LogP contribution in [0.15, 0.2) is 83.9 Å². The van der Waals surface area contributed by atoms with E-state index >= 15 is 0 Å². The Balaban J connectivity index is 1.83. The monoisotopic (exact) mass is 593 g/mol. The van der Waals surface area contributed by atoms with Gasteiger partial charge in [0.25, 0.3) is 0 Å². The van der Waals surface area contributed by atoms with Crippen molar-refractivity contribution in [3.8, 4) is 0 Å². The molecule has 44 heavy (non-hydrogen) atoms. The summed E-state index contributed by atoms with van der Waals surface area (Å²) in [5, 5.41) is 24.0. The van der Waals surface area contributed by atoms with Crippen LogP contribution in [0.5, 0.6) is 0 Å². The Bertz CT molecular complexity index is 1550. The van der Waals surface area contributed by atoms with E-state index in [1.54, 1.807) is 12.1 Å². The van der Waals surface area contributed by atoms with Crippen molar-refractivity contribution in [3.05, 3.63) is 107 Å². The third kappa shape index (κ3) is 8.37. The van der Waals surface area contributed by atoms with Crippen LogP contribution in [0.25, 0.3) is 0 Å². The van der Waals surface area contributed by atoms with E-state index in [1.807, 2.05) is 73.7 Å². The van der Waals surface area contributed by atoms with E-state index in [9.17, 15) is 19.6 Å². The van der Waals surface area contributed by atoms with Crippen molar-refractivity contribution < 1.29 is 19.6 Å². The van der Waals surface area contributed by atoms with Crippen LogP contribution in [0.2, 0.25) is 0 Å². The van der Waals surface area contributed by atoms with Gasteiger partial charge in [0.2, 0.25) is 11.8 Å². The van der Waals surface area contributed by atoms with Crippen molar-refractivity contribution in [3.63, 3.8) is 0 Å². The second-order valence-electron chi connectivity index (χ2n) is 11.1. The zero-order chi connectivity index (χ0) is 31.5. The molecule has 3 atom stereocenters. The van der Waals surface area contributed by atoms with Crippen LogP contribution < -0.4 is 16.1 Å². The van der Waals surface area contributed by atoms with Crippen molar-refractivity contribution in [2.75, 3.05) is 12.5 Å². The highest BCUT2D eigenvalue weighted by Crippen LogP contribution is 2.39. The number of nitrogens with zero attached hydrogens (tertiary/aromatic N) is 1. The highest BCUT2D eigenvalue weighted by Gasteiger charge is 2.28. The smallest absolute Gasteiger partial charge is 0.242 e. The molecule has 5 N–H and O–H groups in total. The number of carbonyl (C=O) groups excluding carboxylic acids is 3. The minimum absolute atomic E-state index is 0.00929. The summed E-state index contributed by atoms with van der Waals surface area (Å²) in [4.78, 5) is 42.8. The van der Waals surface area contributed by atoms with Gasteiger partial charge in [-0.05, 0) is 59.0 Å². The molecule has 1 aliphatic rings. The summed E-state index contributed by atoms with van der Waals surface area (Å²) in [5.41, 5.74) is 7.14. The lowest BCUT2D eigenvalue weighted by molar-refractivity contribution is -0.129. The summed E-state index contributed by atoms with van der Waals surface area (Å²) in [6.45, 7) is 2.01. The average molecular weight is 594 g/mol. The number of aliphatic imine (C=N–C) groups is 1. The van der Waals surface area contributed by atoms with Gasteiger partial charge in [0.1, 0.15) is 11.8 Å². The molecule has 1 aliphatic heterocycles. The summed E-state index contributed by atoms with van der Waals surface area (Å²) < 4.78 is 0. The Labute approximate surface area is 258 Å². The number of likely N-dealkylation sites (N-methyl/N-ethyl adjacent to an activating group) is 1. The fourth-order valence-corrected chi connectivity index (χ4v) is 5.62. The first kappa shape index (κ1) is 32.1. The maximum absolute atomic E-state index is 12.9. The normalized spacial score (nSPS) is 17.8. The molecule has 0 saturated carbocycles. The molecule has 228 valence electrons. The van der Waals surface area contributed by atoms with Gasteiger partial charge in [-0.25, -0.2) is 0 Å². The van der Waals surface area contributed by atoms with E-state index in [1.165, 1.54) is 7.05 Å². The number of amidine groups is 1. The number of Topliss-reactive ketones (excluding diaryl/α,β-unsaturated/α-hetero) is 1. The molecule has 0 fully saturated rings. The summed E-state index contributed by atoms with van der Waals surface area (Å²) in [7, 11) is 1.52. The summed E-state index contributed by atoms with van der Waals surface area (Å²) in [6, 6.07) is 21.8. The Kier molecular flexibility index (Phi) is 11.3. The highest BCUT2D eigenvalue weighted by atomic mass is 16.5. The number of ketones is 1. The van der Waals surface area contributed by atoms with E-state index in [2.05, 4.69) is 27.0 Å². The molecule has 2 unspecified atom stereocenters. The van der Waals surface area contributed by atoms with E-state index in [-0.39, 0.29) is 61.0 Å². The first-order valence-corrected chi connectivity index (χ1v) is 14.9. The second kappa shape index (κ2) is 15.6. The van der Waals surface area contributed by atoms with Gasteiger partial charge < -0.3 is 10.6 Å². The maximum atomic E-state index is 12.9. The number of anilines is 1. The molecule has 4 rings (SSSR count). The number of nitrogens with one attached hydrogen (secondary N) is 4. The molecule has 0 saturated heterocycles. The number of hydrogen-bond donors (Lipinski definition) is 5. The lowest BCUT2D eigenvalue weighted by atomic mass is 9.79. The number of amides is 2. The molecule has 0 spiro atoms. The summed E-state index contributed by atoms with van der Waals surface area (Å²) in [6.07, 6.45) is 3.35. The third-order valence-corrected chi connectivity index (χ3v) is 7.90. The van der Waals surface area contributed by atoms with Gasteiger partial charge in [-0.1, -0.05) is 73.7 Å². The third-order valence-electron chi connectivity index (χ3n) is 7.90. The zero-order valence-electron chi connectivity index (χ0n) is 25.1. The van der Waals surface area contributed by atoms with Crippen LogP contribution in [-0.4, -0.2) is 47.6 Å². The summed E-state index contributed by atoms with van der Waals surface area (Å²) in [5.74, 6) is 1.94. The minimum atomic E-state index is -0.850. The summed E-state index contributed by atoms with van der Waals surface area (Å²) >= 11 is 0. The standard InChI is InChI=1S/C35H39N5O4/c1-23(19-20-38-34(36)25-11-7-4-8-12-25)21-29-26-13-17-30(40-44)33(29)28(24-9-5-3-6-10-24)16-14-27(41)15-18-32(42)39-31(22-26)35(43)37-2/h3-13,17,19,23,28,31,36,40,44H,14-16,18,21-22H2,1-2H3,(H,37,43)(H,39,42)/t23-,28?,31?/m0/s1. The highest BCUT2D eigenvalue weighted by molar-refractivity contribution is 6.00. The van der Waals surface area contributed by atoms with Crippen molar-refractivity contribution >= 4 is 35.0 Å². The Morgan fingerprint density at radius 2 is 1.77 bits per heavy atom. The average Bonchev–Trinajstić information content (AvgIpc) is 3.05. The van der Waals surface area contributed by atoms with E-state index in [4.69, 9.17) is 5.41 Å². The van der Waals surface area contributed by atoms with Crippen molar-refractivity contribution in [1.29, 1.82) is 5.41 Å². The molecule has 0 radical (unpaired) electrons. The molecule has 0 aromatic heterocycles. The second-order valence-corrected chi connectivity index (χ2v) is 11.1. The quantitative estimate of drug-likeness (QED) is 0.149. The first-order chi connectivity index (χ1) is 21.3. The lowest BCUT2D eigenvalue weighted by Gasteiger charge is -2.28. The number of hydrogen-bond acceptors (Lipinski definition) is 6. The van der Waals surface area contributed by atoms with Crippen molar-refractivity contribution in [2.24, 2.45) is 10.9 Å². The van der Waals surface area contributed by atoms with E-state index in [0.29, 0.717) is 24.1 Å². The molecule has 9 nitrogen and oxygen atoms in total. The predicted molar refractivity (Wildman–Crippen MR) is 171 cm³/mol. The molecular weight excluding hydrogens is 554 g/mol. The number of rotatable bonds is 7. The lowest BCUT2D eigenvalue weighted by Crippen LogP contribution is -2.47. The van der Waals surface area contributed by atoms with Gasteiger partial charge in [0.15, 0.2) is 5.84 Å². The molecule has 0 aliphatic carbocycles. The van der Waals surface area contributed by atoms with Crippen LogP contribution in [0.1, 0.15) is 66.3 Å². The molecule has 9 heteroatoms. The van der Waals surface area contributed by atoms with Gasteiger partial charge in [-0.3, -0.25) is 30.5 Å². The van der Waals surface area contributed by atoms with Crippen LogP contribution in [0, 0.1) is 11.3 Å². The fraction of sp³-hybridized carbons (Fsp3) is 0.314. The van der Waals surface area contributed by atoms with Gasteiger partial charge in [0.05, 0.1) is 5.69 Å². The Hall–Kier alpha value is -4.85. The van der Waals surface area contributed by atoms with E-state index in [0.717, 1.165) is 22.3 Å².